The third kappa shape index (κ3) is 6.17. The number of amides is 3. The molecule has 0 aliphatic heterocycles. The monoisotopic (exact) mass is 518 g/mol. The second-order valence-corrected chi connectivity index (χ2v) is 10.6. The molecule has 38 heavy (non-hydrogen) atoms. The van der Waals surface area contributed by atoms with Crippen molar-refractivity contribution in [3.8, 4) is 6.07 Å². The Balaban J connectivity index is 1.50. The van der Waals surface area contributed by atoms with E-state index in [1.807, 2.05) is 26.8 Å². The van der Waals surface area contributed by atoms with Crippen LogP contribution in [0.5, 0.6) is 0 Å². The molecule has 1 atom stereocenters. The van der Waals surface area contributed by atoms with Gasteiger partial charge in [-0.25, -0.2) is 4.39 Å². The molecule has 0 saturated heterocycles. The molecule has 1 aliphatic rings. The van der Waals surface area contributed by atoms with Gasteiger partial charge in [0.1, 0.15) is 11.9 Å². The lowest BCUT2D eigenvalue weighted by molar-refractivity contribution is -0.126. The Hall–Kier alpha value is -4.26. The third-order valence-electron chi connectivity index (χ3n) is 6.45. The van der Waals surface area contributed by atoms with E-state index in [-0.39, 0.29) is 42.1 Å². The van der Waals surface area contributed by atoms with Crippen LogP contribution in [0.25, 0.3) is 10.9 Å². The lowest BCUT2D eigenvalue weighted by Crippen LogP contribution is -2.54. The summed E-state index contributed by atoms with van der Waals surface area (Å²) in [5, 5.41) is 22.5. The zero-order valence-corrected chi connectivity index (χ0v) is 21.7. The Bertz CT molecular complexity index is 1410. The standard InChI is InChI=1S/C28H31FN6O3/c1-28(2,3)24(27(38)32-13-12-31-25(36)18-10-11-18)33-26(37)23-20-6-4-5-7-22(20)35(34-23)16-19-9-8-17(15-30)14-21(19)29/h4-9,14,18,24H,10-13,16H2,1-3H3,(H,31,36)(H,32,38)(H,33,37)/t24-/m1/s1. The Morgan fingerprint density at radius 2 is 1.84 bits per heavy atom. The van der Waals surface area contributed by atoms with Crippen molar-refractivity contribution < 1.29 is 18.8 Å². The van der Waals surface area contributed by atoms with Gasteiger partial charge in [0.05, 0.1) is 23.7 Å². The maximum atomic E-state index is 14.6. The smallest absolute Gasteiger partial charge is 0.273 e. The molecule has 0 radical (unpaired) electrons. The van der Waals surface area contributed by atoms with Crippen LogP contribution in [0.4, 0.5) is 4.39 Å². The number of para-hydroxylation sites is 1. The minimum Gasteiger partial charge on any atom is -0.354 e. The van der Waals surface area contributed by atoms with Gasteiger partial charge in [-0.1, -0.05) is 45.0 Å². The molecule has 0 unspecified atom stereocenters. The van der Waals surface area contributed by atoms with Crippen LogP contribution in [-0.2, 0) is 16.1 Å². The average molecular weight is 519 g/mol. The van der Waals surface area contributed by atoms with E-state index in [1.165, 1.54) is 22.9 Å². The van der Waals surface area contributed by atoms with Gasteiger partial charge in [0.2, 0.25) is 11.8 Å². The molecule has 2 aromatic carbocycles. The van der Waals surface area contributed by atoms with Crippen molar-refractivity contribution in [3.05, 3.63) is 65.1 Å². The van der Waals surface area contributed by atoms with Crippen LogP contribution in [0.1, 0.15) is 55.2 Å². The number of benzene rings is 2. The van der Waals surface area contributed by atoms with E-state index in [0.29, 0.717) is 23.0 Å². The number of carbonyl (C=O) groups excluding carboxylic acids is 3. The molecule has 1 saturated carbocycles. The van der Waals surface area contributed by atoms with E-state index in [1.54, 1.807) is 24.3 Å². The van der Waals surface area contributed by atoms with Crippen molar-refractivity contribution in [1.82, 2.24) is 25.7 Å². The molecule has 3 aromatic rings. The van der Waals surface area contributed by atoms with Crippen molar-refractivity contribution >= 4 is 28.6 Å². The van der Waals surface area contributed by atoms with Gasteiger partial charge in [0.25, 0.3) is 5.91 Å². The normalized spacial score (nSPS) is 14.0. The van der Waals surface area contributed by atoms with Crippen molar-refractivity contribution in [2.75, 3.05) is 13.1 Å². The molecule has 1 heterocycles. The van der Waals surface area contributed by atoms with Gasteiger partial charge in [0.15, 0.2) is 5.69 Å². The molecule has 4 rings (SSSR count). The van der Waals surface area contributed by atoms with Gasteiger partial charge < -0.3 is 16.0 Å². The molecule has 1 aromatic heterocycles. The molecule has 1 aliphatic carbocycles. The first-order valence-electron chi connectivity index (χ1n) is 12.6. The summed E-state index contributed by atoms with van der Waals surface area (Å²) in [6.07, 6.45) is 1.81. The number of nitrogens with one attached hydrogen (secondary N) is 3. The van der Waals surface area contributed by atoms with E-state index in [0.717, 1.165) is 12.8 Å². The SMILES string of the molecule is CC(C)(C)[C@H](NC(=O)c1nn(Cc2ccc(C#N)cc2F)c2ccccc12)C(=O)NCCNC(=O)C1CC1. The molecular formula is C28H31FN6O3. The highest BCUT2D eigenvalue weighted by atomic mass is 19.1. The number of nitrogens with zero attached hydrogens (tertiary/aromatic N) is 3. The Morgan fingerprint density at radius 1 is 1.13 bits per heavy atom. The van der Waals surface area contributed by atoms with Crippen LogP contribution >= 0.6 is 0 Å². The van der Waals surface area contributed by atoms with Gasteiger partial charge in [-0.05, 0) is 36.5 Å². The first kappa shape index (κ1) is 26.8. The zero-order valence-electron chi connectivity index (χ0n) is 21.7. The van der Waals surface area contributed by atoms with E-state index in [2.05, 4.69) is 21.0 Å². The van der Waals surface area contributed by atoms with Crippen molar-refractivity contribution in [2.45, 2.75) is 46.2 Å². The number of carbonyl (C=O) groups is 3. The minimum atomic E-state index is -0.867. The van der Waals surface area contributed by atoms with Gasteiger partial charge in [-0.2, -0.15) is 10.4 Å². The van der Waals surface area contributed by atoms with E-state index < -0.39 is 23.2 Å². The summed E-state index contributed by atoms with van der Waals surface area (Å²) in [5.41, 5.74) is 0.678. The Morgan fingerprint density at radius 3 is 2.50 bits per heavy atom. The number of nitriles is 1. The number of hydrogen-bond donors (Lipinski definition) is 3. The fourth-order valence-corrected chi connectivity index (χ4v) is 4.16. The minimum absolute atomic E-state index is 0.00303. The molecule has 198 valence electrons. The third-order valence-corrected chi connectivity index (χ3v) is 6.45. The Labute approximate surface area is 220 Å². The molecule has 3 N–H and O–H groups in total. The number of rotatable bonds is 9. The number of halogens is 1. The topological polar surface area (TPSA) is 129 Å². The summed E-state index contributed by atoms with van der Waals surface area (Å²) in [6.45, 7) is 6.14. The summed E-state index contributed by atoms with van der Waals surface area (Å²) in [4.78, 5) is 38.2. The quantitative estimate of drug-likeness (QED) is 0.375. The summed E-state index contributed by atoms with van der Waals surface area (Å²) in [5.74, 6) is -1.33. The summed E-state index contributed by atoms with van der Waals surface area (Å²) < 4.78 is 16.1. The van der Waals surface area contributed by atoms with Crippen LogP contribution in [0.2, 0.25) is 0 Å². The zero-order chi connectivity index (χ0) is 27.4. The predicted molar refractivity (Wildman–Crippen MR) is 139 cm³/mol. The molecule has 1 fully saturated rings. The lowest BCUT2D eigenvalue weighted by atomic mass is 9.86. The fourth-order valence-electron chi connectivity index (χ4n) is 4.16. The van der Waals surface area contributed by atoms with Crippen LogP contribution in [0.3, 0.4) is 0 Å². The van der Waals surface area contributed by atoms with Gasteiger partial charge in [-0.15, -0.1) is 0 Å². The average Bonchev–Trinajstić information content (AvgIpc) is 3.67. The summed E-state index contributed by atoms with van der Waals surface area (Å²) in [7, 11) is 0. The lowest BCUT2D eigenvalue weighted by Gasteiger charge is -2.30. The van der Waals surface area contributed by atoms with Gasteiger partial charge in [0, 0.05) is 30.0 Å². The molecular weight excluding hydrogens is 487 g/mol. The van der Waals surface area contributed by atoms with Gasteiger partial charge >= 0.3 is 0 Å². The predicted octanol–water partition coefficient (Wildman–Crippen LogP) is 2.88. The van der Waals surface area contributed by atoms with Crippen molar-refractivity contribution in [2.24, 2.45) is 11.3 Å². The van der Waals surface area contributed by atoms with Crippen LogP contribution in [0, 0.1) is 28.5 Å². The van der Waals surface area contributed by atoms with E-state index in [9.17, 15) is 18.8 Å². The fraction of sp³-hybridized carbons (Fsp3) is 0.393. The molecule has 10 heteroatoms. The first-order chi connectivity index (χ1) is 18.1. The maximum absolute atomic E-state index is 14.6. The van der Waals surface area contributed by atoms with Crippen molar-refractivity contribution in [3.63, 3.8) is 0 Å². The molecule has 0 bridgehead atoms. The second kappa shape index (κ2) is 11.0. The van der Waals surface area contributed by atoms with E-state index in [4.69, 9.17) is 5.26 Å². The van der Waals surface area contributed by atoms with Crippen LogP contribution in [0.15, 0.2) is 42.5 Å². The van der Waals surface area contributed by atoms with E-state index >= 15 is 0 Å². The Kier molecular flexibility index (Phi) is 7.76. The first-order valence-corrected chi connectivity index (χ1v) is 12.6. The highest BCUT2D eigenvalue weighted by Gasteiger charge is 2.34. The summed E-state index contributed by atoms with van der Waals surface area (Å²) in [6, 6.07) is 12.4. The molecule has 9 nitrogen and oxygen atoms in total. The number of aromatic nitrogens is 2. The summed E-state index contributed by atoms with van der Waals surface area (Å²) >= 11 is 0. The highest BCUT2D eigenvalue weighted by Crippen LogP contribution is 2.28. The van der Waals surface area contributed by atoms with Gasteiger partial charge in [-0.3, -0.25) is 19.1 Å². The van der Waals surface area contributed by atoms with Crippen molar-refractivity contribution in [1.29, 1.82) is 5.26 Å². The largest absolute Gasteiger partial charge is 0.354 e. The number of hydrogen-bond acceptors (Lipinski definition) is 5. The van der Waals surface area contributed by atoms with Crippen LogP contribution in [-0.4, -0.2) is 46.6 Å². The highest BCUT2D eigenvalue weighted by molar-refractivity contribution is 6.06. The maximum Gasteiger partial charge on any atom is 0.273 e. The van der Waals surface area contributed by atoms with Crippen LogP contribution < -0.4 is 16.0 Å². The number of fused-ring (bicyclic) bond motifs is 1. The second-order valence-electron chi connectivity index (χ2n) is 10.6. The molecule has 0 spiro atoms. The molecule has 3 amide bonds.